The fraction of sp³-hybridized carbons (Fsp3) is 0.222. The highest BCUT2D eigenvalue weighted by Gasteiger charge is 2.24. The summed E-state index contributed by atoms with van der Waals surface area (Å²) in [5, 5.41) is 2.74. The van der Waals surface area contributed by atoms with E-state index in [9.17, 15) is 14.4 Å². The average Bonchev–Trinajstić information content (AvgIpc) is 2.85. The van der Waals surface area contributed by atoms with Crippen molar-refractivity contribution in [3.8, 4) is 5.75 Å². The Labute approximate surface area is 213 Å². The first-order valence-corrected chi connectivity index (χ1v) is 12.0. The fourth-order valence-electron chi connectivity index (χ4n) is 3.37. The molecule has 7 heteroatoms. The smallest absolute Gasteiger partial charge is 0.255 e. The maximum absolute atomic E-state index is 13.0. The largest absolute Gasteiger partial charge is 0.482 e. The highest BCUT2D eigenvalue weighted by Crippen LogP contribution is 2.21. The van der Waals surface area contributed by atoms with Gasteiger partial charge in [-0.15, -0.1) is 0 Å². The number of hydrogen-bond donors (Lipinski definition) is 1. The van der Waals surface area contributed by atoms with Gasteiger partial charge >= 0.3 is 0 Å². The summed E-state index contributed by atoms with van der Waals surface area (Å²) < 4.78 is 6.97. The van der Waals surface area contributed by atoms with Crippen LogP contribution in [0.4, 0.5) is 5.69 Å². The van der Waals surface area contributed by atoms with Crippen LogP contribution in [0.3, 0.4) is 0 Å². The number of para-hydroxylation sites is 2. The van der Waals surface area contributed by atoms with E-state index in [0.29, 0.717) is 5.75 Å². The van der Waals surface area contributed by atoms with Crippen LogP contribution in [0.25, 0.3) is 0 Å². The van der Waals surface area contributed by atoms with Crippen molar-refractivity contribution in [2.24, 2.45) is 0 Å². The number of carbonyl (C=O) groups excluding carboxylic acids is 3. The highest BCUT2D eigenvalue weighted by atomic mass is 127. The van der Waals surface area contributed by atoms with Crippen LogP contribution < -0.4 is 15.0 Å². The summed E-state index contributed by atoms with van der Waals surface area (Å²) in [6.07, 6.45) is -0.499. The Morgan fingerprint density at radius 3 is 2.21 bits per heavy atom. The molecule has 0 bridgehead atoms. The van der Waals surface area contributed by atoms with E-state index in [1.165, 1.54) is 4.90 Å². The number of rotatable bonds is 9. The van der Waals surface area contributed by atoms with E-state index in [-0.39, 0.29) is 23.7 Å². The second-order valence-electron chi connectivity index (χ2n) is 7.95. The van der Waals surface area contributed by atoms with Crippen LogP contribution >= 0.6 is 22.6 Å². The lowest BCUT2D eigenvalue weighted by Gasteiger charge is -2.23. The third-order valence-electron chi connectivity index (χ3n) is 5.37. The molecule has 0 aliphatic carbocycles. The second-order valence-corrected chi connectivity index (χ2v) is 9.20. The summed E-state index contributed by atoms with van der Waals surface area (Å²) in [5.74, 6) is -0.502. The van der Waals surface area contributed by atoms with Crippen molar-refractivity contribution in [2.75, 3.05) is 11.9 Å². The van der Waals surface area contributed by atoms with Gasteiger partial charge in [0.15, 0.2) is 11.9 Å². The van der Waals surface area contributed by atoms with Gasteiger partial charge in [0, 0.05) is 22.7 Å². The molecule has 0 radical (unpaired) electrons. The number of anilines is 1. The summed E-state index contributed by atoms with van der Waals surface area (Å²) in [6.45, 7) is 3.31. The third-order valence-corrected chi connectivity index (χ3v) is 6.09. The molecule has 0 spiro atoms. The molecule has 0 unspecified atom stereocenters. The molecule has 0 saturated heterocycles. The molecule has 2 atom stereocenters. The first-order valence-electron chi connectivity index (χ1n) is 10.9. The SMILES string of the molecule is C[C@@H](NC(=O)c1ccccc1O[C@H](C)C(=O)Cc1ccc(I)cc1)C(=O)N(C)c1ccccc1. The zero-order valence-corrected chi connectivity index (χ0v) is 21.5. The summed E-state index contributed by atoms with van der Waals surface area (Å²) >= 11 is 2.22. The Kier molecular flexibility index (Phi) is 8.81. The van der Waals surface area contributed by atoms with Crippen LogP contribution in [0.2, 0.25) is 0 Å². The van der Waals surface area contributed by atoms with Gasteiger partial charge in [-0.1, -0.05) is 42.5 Å². The van der Waals surface area contributed by atoms with E-state index in [2.05, 4.69) is 27.9 Å². The summed E-state index contributed by atoms with van der Waals surface area (Å²) in [5.41, 5.74) is 1.90. The van der Waals surface area contributed by atoms with Gasteiger partial charge in [-0.2, -0.15) is 0 Å². The van der Waals surface area contributed by atoms with Crippen molar-refractivity contribution in [3.05, 3.63) is 93.6 Å². The Balaban J connectivity index is 1.65. The molecule has 6 nitrogen and oxygen atoms in total. The normalized spacial score (nSPS) is 12.4. The molecule has 0 aliphatic heterocycles. The molecule has 0 aromatic heterocycles. The number of amides is 2. The molecule has 2 amide bonds. The molecule has 3 rings (SSSR count). The Hall–Kier alpha value is -3.20. The van der Waals surface area contributed by atoms with E-state index >= 15 is 0 Å². The highest BCUT2D eigenvalue weighted by molar-refractivity contribution is 14.1. The number of ether oxygens (including phenoxy) is 1. The van der Waals surface area contributed by atoms with Crippen LogP contribution in [0.15, 0.2) is 78.9 Å². The van der Waals surface area contributed by atoms with Gasteiger partial charge in [-0.3, -0.25) is 14.4 Å². The molecule has 1 N–H and O–H groups in total. The maximum atomic E-state index is 13.0. The lowest BCUT2D eigenvalue weighted by molar-refractivity contribution is -0.124. The predicted molar refractivity (Wildman–Crippen MR) is 141 cm³/mol. The average molecular weight is 570 g/mol. The van der Waals surface area contributed by atoms with Gasteiger partial charge in [0.25, 0.3) is 5.91 Å². The van der Waals surface area contributed by atoms with Crippen LogP contribution in [-0.4, -0.2) is 36.8 Å². The van der Waals surface area contributed by atoms with Gasteiger partial charge in [0.2, 0.25) is 5.91 Å². The first kappa shape index (κ1) is 25.4. The van der Waals surface area contributed by atoms with Gasteiger partial charge < -0.3 is 15.0 Å². The number of nitrogens with one attached hydrogen (secondary N) is 1. The number of likely N-dealkylation sites (N-methyl/N-ethyl adjacent to an activating group) is 1. The second kappa shape index (κ2) is 11.8. The number of carbonyl (C=O) groups is 3. The van der Waals surface area contributed by atoms with Crippen LogP contribution in [0, 0.1) is 3.57 Å². The molecule has 3 aromatic rings. The molecular weight excluding hydrogens is 543 g/mol. The molecule has 0 aliphatic rings. The minimum atomic E-state index is -0.759. The zero-order chi connectivity index (χ0) is 24.7. The van der Waals surface area contributed by atoms with Crippen molar-refractivity contribution in [2.45, 2.75) is 32.4 Å². The molecule has 0 saturated carbocycles. The number of nitrogens with zero attached hydrogens (tertiary/aromatic N) is 1. The Morgan fingerprint density at radius 1 is 0.912 bits per heavy atom. The topological polar surface area (TPSA) is 75.7 Å². The van der Waals surface area contributed by atoms with Crippen LogP contribution in [-0.2, 0) is 16.0 Å². The van der Waals surface area contributed by atoms with Crippen molar-refractivity contribution in [3.63, 3.8) is 0 Å². The minimum Gasteiger partial charge on any atom is -0.482 e. The van der Waals surface area contributed by atoms with Crippen molar-refractivity contribution >= 4 is 45.9 Å². The number of benzene rings is 3. The number of halogens is 1. The molecular formula is C27H27IN2O4. The number of hydrogen-bond acceptors (Lipinski definition) is 4. The van der Waals surface area contributed by atoms with Crippen molar-refractivity contribution in [1.29, 1.82) is 0 Å². The van der Waals surface area contributed by atoms with Gasteiger partial charge in [0.1, 0.15) is 11.8 Å². The monoisotopic (exact) mass is 570 g/mol. The molecule has 34 heavy (non-hydrogen) atoms. The van der Waals surface area contributed by atoms with Gasteiger partial charge in [-0.05, 0) is 78.4 Å². The Morgan fingerprint density at radius 2 is 1.53 bits per heavy atom. The van der Waals surface area contributed by atoms with E-state index in [1.54, 1.807) is 45.2 Å². The van der Waals surface area contributed by atoms with E-state index < -0.39 is 18.1 Å². The van der Waals surface area contributed by atoms with E-state index in [4.69, 9.17) is 4.74 Å². The summed E-state index contributed by atoms with van der Waals surface area (Å²) in [7, 11) is 1.66. The lowest BCUT2D eigenvalue weighted by atomic mass is 10.1. The number of Topliss-reactive ketones (excluding diaryl/α,β-unsaturated/α-hetero) is 1. The van der Waals surface area contributed by atoms with Crippen molar-refractivity contribution in [1.82, 2.24) is 5.32 Å². The van der Waals surface area contributed by atoms with E-state index in [1.807, 2.05) is 54.6 Å². The first-order chi connectivity index (χ1) is 16.3. The third kappa shape index (κ3) is 6.66. The van der Waals surface area contributed by atoms with Crippen LogP contribution in [0.5, 0.6) is 5.75 Å². The standard InChI is InChI=1S/C27H27IN2O4/c1-18(27(33)30(3)22-9-5-4-6-10-22)29-26(32)23-11-7-8-12-25(23)34-19(2)24(31)17-20-13-15-21(28)16-14-20/h4-16,18-19H,17H2,1-3H3,(H,29,32)/t18-,19-/m1/s1. The molecule has 176 valence electrons. The molecule has 0 fully saturated rings. The number of ketones is 1. The van der Waals surface area contributed by atoms with Crippen molar-refractivity contribution < 1.29 is 19.1 Å². The Bertz CT molecular complexity index is 1150. The lowest BCUT2D eigenvalue weighted by Crippen LogP contribution is -2.45. The summed E-state index contributed by atoms with van der Waals surface area (Å²) in [4.78, 5) is 39.9. The summed E-state index contributed by atoms with van der Waals surface area (Å²) in [6, 6.07) is 22.9. The van der Waals surface area contributed by atoms with Gasteiger partial charge in [0.05, 0.1) is 5.56 Å². The quantitative estimate of drug-likeness (QED) is 0.380. The minimum absolute atomic E-state index is 0.0931. The van der Waals surface area contributed by atoms with Gasteiger partial charge in [-0.25, -0.2) is 0 Å². The zero-order valence-electron chi connectivity index (χ0n) is 19.3. The molecule has 3 aromatic carbocycles. The fourth-order valence-corrected chi connectivity index (χ4v) is 3.73. The maximum Gasteiger partial charge on any atom is 0.255 e. The molecule has 0 heterocycles. The van der Waals surface area contributed by atoms with E-state index in [0.717, 1.165) is 14.8 Å². The van der Waals surface area contributed by atoms with Crippen LogP contribution in [0.1, 0.15) is 29.8 Å². The predicted octanol–water partition coefficient (Wildman–Crippen LogP) is 4.65.